The van der Waals surface area contributed by atoms with E-state index in [1.807, 2.05) is 11.8 Å². The van der Waals surface area contributed by atoms with Crippen molar-refractivity contribution in [1.29, 1.82) is 5.41 Å². The minimum atomic E-state index is -4.05. The molecule has 236 valence electrons. The first-order valence-electron chi connectivity index (χ1n) is 13.0. The molecular formula is C23H41F3N7O6PS. The van der Waals surface area contributed by atoms with Gasteiger partial charge >= 0.3 is 14.8 Å². The van der Waals surface area contributed by atoms with Crippen LogP contribution in [0, 0.1) is 5.41 Å². The predicted octanol–water partition coefficient (Wildman–Crippen LogP) is 3.24. The van der Waals surface area contributed by atoms with Crippen molar-refractivity contribution in [3.05, 3.63) is 11.8 Å². The molecule has 3 rings (SSSR count). The van der Waals surface area contributed by atoms with E-state index in [4.69, 9.17) is 25.1 Å². The number of carbonyl (C=O) groups is 1. The fourth-order valence-corrected chi connectivity index (χ4v) is 4.38. The number of nitrogens with zero attached hydrogens (tertiary/aromatic N) is 3. The fourth-order valence-electron chi connectivity index (χ4n) is 3.79. The molecule has 2 aliphatic rings. The number of carbonyl (C=O) groups excluding carboxylic acids is 1. The van der Waals surface area contributed by atoms with Crippen molar-refractivity contribution in [2.45, 2.75) is 63.8 Å². The summed E-state index contributed by atoms with van der Waals surface area (Å²) in [6.45, 7) is 4.47. The van der Waals surface area contributed by atoms with Crippen molar-refractivity contribution in [2.24, 2.45) is 5.14 Å². The summed E-state index contributed by atoms with van der Waals surface area (Å²) in [5, 5.41) is 19.2. The molecule has 2 fully saturated rings. The van der Waals surface area contributed by atoms with Gasteiger partial charge in [-0.25, -0.2) is 4.98 Å². The second-order valence-corrected chi connectivity index (χ2v) is 10.5. The van der Waals surface area contributed by atoms with Gasteiger partial charge < -0.3 is 39.3 Å². The molecular weight excluding hydrogens is 590 g/mol. The SMILES string of the molecule is CC1CN(C(=N)c2cnc(NC3CCCCC3)nc2NC=O)CCO1.COCCOP(O)O.NSCCC(F)(F)F. The zero-order chi connectivity index (χ0) is 30.7. The van der Waals surface area contributed by atoms with Crippen LogP contribution in [0.5, 0.6) is 0 Å². The van der Waals surface area contributed by atoms with Gasteiger partial charge in [-0.2, -0.15) is 18.2 Å². The van der Waals surface area contributed by atoms with E-state index in [2.05, 4.69) is 29.9 Å². The zero-order valence-electron chi connectivity index (χ0n) is 23.2. The largest absolute Gasteiger partial charge is 0.389 e. The second kappa shape index (κ2) is 20.9. The number of nitrogens with two attached hydrogens (primary N) is 1. The minimum absolute atomic E-state index is 0.0521. The number of amidine groups is 1. The molecule has 2 heterocycles. The minimum Gasteiger partial charge on any atom is -0.382 e. The van der Waals surface area contributed by atoms with Crippen LogP contribution >= 0.6 is 20.6 Å². The van der Waals surface area contributed by atoms with E-state index in [1.54, 1.807) is 6.20 Å². The Kier molecular flexibility index (Phi) is 19.0. The van der Waals surface area contributed by atoms with Crippen LogP contribution in [-0.4, -0.2) is 101 Å². The summed E-state index contributed by atoms with van der Waals surface area (Å²) in [4.78, 5) is 38.0. The highest BCUT2D eigenvalue weighted by molar-refractivity contribution is 7.97. The van der Waals surface area contributed by atoms with Gasteiger partial charge in [-0.3, -0.25) is 15.3 Å². The third-order valence-corrected chi connectivity index (χ3v) is 6.59. The lowest BCUT2D eigenvalue weighted by atomic mass is 9.96. The molecule has 1 saturated heterocycles. The number of aromatic nitrogens is 2. The molecule has 1 atom stereocenters. The smallest absolute Gasteiger partial charge is 0.382 e. The van der Waals surface area contributed by atoms with Crippen LogP contribution in [0.15, 0.2) is 6.20 Å². The normalized spacial score (nSPS) is 17.6. The van der Waals surface area contributed by atoms with Gasteiger partial charge in [-0.05, 0) is 19.8 Å². The number of methoxy groups -OCH3 is 1. The standard InChI is InChI=1S/C17H26N6O2.C3H6F3NS.C3H9O4P/c1-12-10-23(7-8-25-12)15(18)14-9-19-17(22-16(14)20-11-24)21-13-5-3-2-4-6-13;4-3(5,6)1-2-8-7;1-6-2-3-7-8(4)5/h9,11-13,18H,2-8,10H2,1H3,(H2,19,20,21,22,24);1-2,7H2;4-5H,2-3H2,1H3. The maximum Gasteiger partial charge on any atom is 0.389 e. The lowest BCUT2D eigenvalue weighted by Crippen LogP contribution is -2.44. The Bertz CT molecular complexity index is 889. The van der Waals surface area contributed by atoms with Gasteiger partial charge in [0, 0.05) is 38.2 Å². The summed E-state index contributed by atoms with van der Waals surface area (Å²) in [7, 11) is -0.678. The Labute approximate surface area is 243 Å². The number of halogens is 3. The van der Waals surface area contributed by atoms with E-state index in [-0.39, 0.29) is 18.5 Å². The molecule has 0 spiro atoms. The topological polar surface area (TPSA) is 188 Å². The molecule has 1 aliphatic carbocycles. The van der Waals surface area contributed by atoms with Crippen LogP contribution < -0.4 is 15.8 Å². The number of alkyl halides is 3. The van der Waals surface area contributed by atoms with E-state index in [0.29, 0.717) is 73.9 Å². The highest BCUT2D eigenvalue weighted by Gasteiger charge is 2.26. The van der Waals surface area contributed by atoms with Gasteiger partial charge in [0.25, 0.3) is 0 Å². The number of hydrogen-bond acceptors (Lipinski definition) is 12. The molecule has 18 heteroatoms. The summed E-state index contributed by atoms with van der Waals surface area (Å²) in [5.41, 5.74) is 0.524. The number of morpholine rings is 1. The Hall–Kier alpha value is -1.85. The first-order valence-corrected chi connectivity index (χ1v) is 15.2. The highest BCUT2D eigenvalue weighted by atomic mass is 32.2. The van der Waals surface area contributed by atoms with Crippen molar-refractivity contribution in [3.63, 3.8) is 0 Å². The summed E-state index contributed by atoms with van der Waals surface area (Å²) in [6, 6.07) is 0.378. The van der Waals surface area contributed by atoms with Crippen LogP contribution in [0.3, 0.4) is 0 Å². The molecule has 1 aromatic rings. The summed E-state index contributed by atoms with van der Waals surface area (Å²) >= 11 is 0.708. The van der Waals surface area contributed by atoms with Crippen LogP contribution in [0.1, 0.15) is 51.0 Å². The Morgan fingerprint density at radius 3 is 2.59 bits per heavy atom. The summed E-state index contributed by atoms with van der Waals surface area (Å²) in [6.07, 6.45) is 3.38. The second-order valence-electron chi connectivity index (χ2n) is 8.99. The van der Waals surface area contributed by atoms with Crippen LogP contribution in [0.2, 0.25) is 0 Å². The summed E-state index contributed by atoms with van der Waals surface area (Å²) in [5.74, 6) is 1.13. The van der Waals surface area contributed by atoms with Crippen LogP contribution in [0.4, 0.5) is 24.9 Å². The van der Waals surface area contributed by atoms with E-state index < -0.39 is 21.2 Å². The van der Waals surface area contributed by atoms with E-state index >= 15 is 0 Å². The Morgan fingerprint density at radius 1 is 1.34 bits per heavy atom. The van der Waals surface area contributed by atoms with Crippen molar-refractivity contribution >= 4 is 44.6 Å². The predicted molar refractivity (Wildman–Crippen MR) is 153 cm³/mol. The maximum absolute atomic E-state index is 11.2. The van der Waals surface area contributed by atoms with Crippen LogP contribution in [-0.2, 0) is 18.8 Å². The molecule has 1 aromatic heterocycles. The van der Waals surface area contributed by atoms with Crippen LogP contribution in [0.25, 0.3) is 0 Å². The lowest BCUT2D eigenvalue weighted by molar-refractivity contribution is -0.129. The number of rotatable bonds is 11. The number of nitrogens with one attached hydrogen (secondary N) is 3. The molecule has 1 aliphatic heterocycles. The third kappa shape index (κ3) is 17.0. The van der Waals surface area contributed by atoms with E-state index in [0.717, 1.165) is 12.8 Å². The van der Waals surface area contributed by atoms with Gasteiger partial charge in [-0.15, -0.1) is 0 Å². The number of hydrogen-bond donors (Lipinski definition) is 6. The average Bonchev–Trinajstić information content (AvgIpc) is 2.93. The first-order chi connectivity index (χ1) is 19.5. The molecule has 0 bridgehead atoms. The van der Waals surface area contributed by atoms with E-state index in [9.17, 15) is 18.0 Å². The first kappa shape index (κ1) is 37.2. The van der Waals surface area contributed by atoms with Crippen molar-refractivity contribution in [3.8, 4) is 0 Å². The molecule has 13 nitrogen and oxygen atoms in total. The Morgan fingerprint density at radius 2 is 2.05 bits per heavy atom. The number of amides is 1. The molecule has 41 heavy (non-hydrogen) atoms. The molecule has 1 unspecified atom stereocenters. The molecule has 7 N–H and O–H groups in total. The maximum atomic E-state index is 11.2. The van der Waals surface area contributed by atoms with Gasteiger partial charge in [0.2, 0.25) is 12.4 Å². The number of ether oxygens (including phenoxy) is 2. The summed E-state index contributed by atoms with van der Waals surface area (Å²) < 4.78 is 47.9. The average molecular weight is 632 g/mol. The lowest BCUT2D eigenvalue weighted by Gasteiger charge is -2.33. The van der Waals surface area contributed by atoms with Crippen molar-refractivity contribution in [1.82, 2.24) is 14.9 Å². The van der Waals surface area contributed by atoms with Gasteiger partial charge in [0.1, 0.15) is 11.7 Å². The van der Waals surface area contributed by atoms with Gasteiger partial charge in [-0.1, -0.05) is 31.2 Å². The number of anilines is 2. The third-order valence-electron chi connectivity index (χ3n) is 5.73. The quantitative estimate of drug-likeness (QED) is 0.0523. The monoisotopic (exact) mass is 631 g/mol. The zero-order valence-corrected chi connectivity index (χ0v) is 24.9. The van der Waals surface area contributed by atoms with Gasteiger partial charge in [0.05, 0.1) is 37.9 Å². The fraction of sp³-hybridized carbons (Fsp3) is 0.739. The molecule has 1 saturated carbocycles. The molecule has 0 aromatic carbocycles. The van der Waals surface area contributed by atoms with E-state index in [1.165, 1.54) is 26.4 Å². The van der Waals surface area contributed by atoms with Gasteiger partial charge in [0.15, 0.2) is 0 Å². The Balaban J connectivity index is 0.000000433. The van der Waals surface area contributed by atoms with Crippen molar-refractivity contribution in [2.75, 3.05) is 56.4 Å². The van der Waals surface area contributed by atoms with Crippen molar-refractivity contribution < 1.29 is 41.8 Å². The molecule has 1 amide bonds. The molecule has 0 radical (unpaired) electrons. The highest BCUT2D eigenvalue weighted by Crippen LogP contribution is 2.24.